The van der Waals surface area contributed by atoms with Crippen LogP contribution in [0.4, 0.5) is 4.79 Å². The van der Waals surface area contributed by atoms with Gasteiger partial charge in [0.05, 0.1) is 13.1 Å². The molecule has 2 N–H and O–H groups in total. The number of nitrogens with zero attached hydrogens (tertiary/aromatic N) is 1. The molecule has 1 fully saturated rings. The van der Waals surface area contributed by atoms with Crippen LogP contribution < -0.4 is 5.32 Å². The predicted molar refractivity (Wildman–Crippen MR) is 127 cm³/mol. The zero-order valence-corrected chi connectivity index (χ0v) is 19.9. The third-order valence-corrected chi connectivity index (χ3v) is 6.49. The van der Waals surface area contributed by atoms with Crippen LogP contribution in [0.2, 0.25) is 0 Å². The number of alkyl carbamates (subject to hydrolysis) is 1. The lowest BCUT2D eigenvalue weighted by Gasteiger charge is -2.48. The molecule has 2 amide bonds. The number of carboxylic acid groups (broad SMARTS) is 1. The number of amides is 2. The number of hydrogen-bond donors (Lipinski definition) is 2. The van der Waals surface area contributed by atoms with Crippen molar-refractivity contribution in [1.82, 2.24) is 10.2 Å². The van der Waals surface area contributed by atoms with E-state index in [1.807, 2.05) is 24.3 Å². The fraction of sp³-hybridized carbons (Fsp3) is 0.423. The van der Waals surface area contributed by atoms with Crippen LogP contribution in [0, 0.1) is 0 Å². The van der Waals surface area contributed by atoms with Crippen LogP contribution in [0.1, 0.15) is 30.4 Å². The summed E-state index contributed by atoms with van der Waals surface area (Å²) in [5.41, 5.74) is 3.93. The van der Waals surface area contributed by atoms with Gasteiger partial charge in [0.2, 0.25) is 0 Å². The summed E-state index contributed by atoms with van der Waals surface area (Å²) in [5.74, 6) is -1.30. The summed E-state index contributed by atoms with van der Waals surface area (Å²) < 4.78 is 16.2. The van der Waals surface area contributed by atoms with Crippen LogP contribution in [0.15, 0.2) is 48.5 Å². The lowest BCUT2D eigenvalue weighted by Crippen LogP contribution is -2.65. The van der Waals surface area contributed by atoms with E-state index in [9.17, 15) is 14.4 Å². The highest BCUT2D eigenvalue weighted by Crippen LogP contribution is 2.44. The minimum absolute atomic E-state index is 0.0227. The maximum Gasteiger partial charge on any atom is 0.407 e. The molecule has 1 aliphatic heterocycles. The number of methoxy groups -OCH3 is 1. The van der Waals surface area contributed by atoms with Crippen molar-refractivity contribution in [2.24, 2.45) is 0 Å². The normalized spacial score (nSPS) is 16.6. The first-order valence-corrected chi connectivity index (χ1v) is 11.6. The fourth-order valence-electron chi connectivity index (χ4n) is 4.74. The van der Waals surface area contributed by atoms with Gasteiger partial charge in [0, 0.05) is 26.0 Å². The van der Waals surface area contributed by atoms with E-state index in [4.69, 9.17) is 19.3 Å². The van der Waals surface area contributed by atoms with E-state index in [0.717, 1.165) is 22.3 Å². The average molecular weight is 483 g/mol. The van der Waals surface area contributed by atoms with Crippen molar-refractivity contribution in [3.63, 3.8) is 0 Å². The molecule has 0 radical (unpaired) electrons. The van der Waals surface area contributed by atoms with Gasteiger partial charge >= 0.3 is 12.1 Å². The summed E-state index contributed by atoms with van der Waals surface area (Å²) in [7, 11) is 1.44. The van der Waals surface area contributed by atoms with Gasteiger partial charge < -0.3 is 29.5 Å². The maximum absolute atomic E-state index is 12.7. The fourth-order valence-corrected chi connectivity index (χ4v) is 4.74. The number of rotatable bonds is 10. The van der Waals surface area contributed by atoms with Gasteiger partial charge in [0.15, 0.2) is 0 Å². The summed E-state index contributed by atoms with van der Waals surface area (Å²) in [4.78, 5) is 37.3. The zero-order valence-electron chi connectivity index (χ0n) is 19.9. The van der Waals surface area contributed by atoms with Gasteiger partial charge in [-0.05, 0) is 29.2 Å². The van der Waals surface area contributed by atoms with Crippen LogP contribution in [-0.4, -0.2) is 79.6 Å². The number of ether oxygens (including phenoxy) is 3. The maximum atomic E-state index is 12.7. The number of benzene rings is 2. The molecule has 0 bridgehead atoms. The number of carboxylic acids is 1. The molecule has 0 saturated carbocycles. The first-order valence-electron chi connectivity index (χ1n) is 11.6. The Balaban J connectivity index is 1.22. The number of nitrogens with one attached hydrogen (secondary N) is 1. The second-order valence-corrected chi connectivity index (χ2v) is 9.09. The van der Waals surface area contributed by atoms with E-state index < -0.39 is 30.4 Å². The second kappa shape index (κ2) is 10.5. The van der Waals surface area contributed by atoms with Crippen molar-refractivity contribution < 1.29 is 33.7 Å². The molecular weight excluding hydrogens is 452 g/mol. The van der Waals surface area contributed by atoms with E-state index in [1.54, 1.807) is 11.8 Å². The standard InChI is InChI=1S/C26H30N2O7/c1-26(35-14-23(29)30)15-28(16-26)24(31)22(33-2)11-12-27-25(32)34-13-21-19-9-5-3-7-17(19)18-8-4-6-10-20(18)21/h3-10,21-22H,11-16H2,1-2H3,(H,27,32)(H,29,30). The predicted octanol–water partition coefficient (Wildman–Crippen LogP) is 2.63. The first kappa shape index (κ1) is 24.7. The summed E-state index contributed by atoms with van der Waals surface area (Å²) >= 11 is 0. The highest BCUT2D eigenvalue weighted by atomic mass is 16.5. The largest absolute Gasteiger partial charge is 0.480 e. The molecule has 0 spiro atoms. The number of carbonyl (C=O) groups excluding carboxylic acids is 2. The van der Waals surface area contributed by atoms with Crippen molar-refractivity contribution >= 4 is 18.0 Å². The minimum atomic E-state index is -1.05. The molecule has 1 heterocycles. The topological polar surface area (TPSA) is 114 Å². The Kier molecular flexibility index (Phi) is 7.37. The van der Waals surface area contributed by atoms with Gasteiger partial charge in [-0.3, -0.25) is 4.79 Å². The molecule has 2 aromatic rings. The van der Waals surface area contributed by atoms with E-state index in [-0.39, 0.29) is 31.4 Å². The molecule has 1 aliphatic carbocycles. The molecule has 9 heteroatoms. The Morgan fingerprint density at radius 1 is 1.09 bits per heavy atom. The van der Waals surface area contributed by atoms with E-state index in [1.165, 1.54) is 7.11 Å². The zero-order chi connectivity index (χ0) is 25.0. The number of fused-ring (bicyclic) bond motifs is 3. The molecule has 0 aromatic heterocycles. The smallest absolute Gasteiger partial charge is 0.407 e. The van der Waals surface area contributed by atoms with Crippen LogP contribution >= 0.6 is 0 Å². The van der Waals surface area contributed by atoms with Crippen LogP contribution in [0.3, 0.4) is 0 Å². The van der Waals surface area contributed by atoms with Gasteiger partial charge in [-0.2, -0.15) is 0 Å². The van der Waals surface area contributed by atoms with Crippen molar-refractivity contribution in [2.75, 3.05) is 40.0 Å². The van der Waals surface area contributed by atoms with E-state index in [2.05, 4.69) is 29.6 Å². The van der Waals surface area contributed by atoms with E-state index >= 15 is 0 Å². The third-order valence-electron chi connectivity index (χ3n) is 6.49. The number of carbonyl (C=O) groups is 3. The Hall–Kier alpha value is -3.43. The Labute approximate surface area is 204 Å². The first-order chi connectivity index (χ1) is 16.8. The SMILES string of the molecule is COC(CCNC(=O)OCC1c2ccccc2-c2ccccc21)C(=O)N1CC(C)(OCC(=O)O)C1. The van der Waals surface area contributed by atoms with Gasteiger partial charge in [0.1, 0.15) is 24.9 Å². The summed E-state index contributed by atoms with van der Waals surface area (Å²) in [6, 6.07) is 16.3. The molecule has 35 heavy (non-hydrogen) atoms. The van der Waals surface area contributed by atoms with Crippen molar-refractivity contribution in [1.29, 1.82) is 0 Å². The molecule has 4 rings (SSSR count). The van der Waals surface area contributed by atoms with Crippen molar-refractivity contribution in [2.45, 2.75) is 31.0 Å². The molecule has 2 aromatic carbocycles. The lowest BCUT2D eigenvalue weighted by molar-refractivity contribution is -0.179. The minimum Gasteiger partial charge on any atom is -0.480 e. The van der Waals surface area contributed by atoms with Gasteiger partial charge in [-0.1, -0.05) is 48.5 Å². The molecule has 186 valence electrons. The highest BCUT2D eigenvalue weighted by molar-refractivity contribution is 5.82. The summed E-state index contributed by atoms with van der Waals surface area (Å²) in [6.45, 7) is 2.37. The third kappa shape index (κ3) is 5.47. The molecule has 9 nitrogen and oxygen atoms in total. The van der Waals surface area contributed by atoms with Crippen LogP contribution in [-0.2, 0) is 23.8 Å². The second-order valence-electron chi connectivity index (χ2n) is 9.09. The number of likely N-dealkylation sites (tertiary alicyclic amines) is 1. The van der Waals surface area contributed by atoms with Crippen LogP contribution in [0.25, 0.3) is 11.1 Å². The monoisotopic (exact) mass is 482 g/mol. The molecule has 1 unspecified atom stereocenters. The summed E-state index contributed by atoms with van der Waals surface area (Å²) in [6.07, 6.45) is -0.997. The highest BCUT2D eigenvalue weighted by Gasteiger charge is 2.44. The molecule has 1 atom stereocenters. The van der Waals surface area contributed by atoms with Crippen molar-refractivity contribution in [3.8, 4) is 11.1 Å². The van der Waals surface area contributed by atoms with Gasteiger partial charge in [-0.15, -0.1) is 0 Å². The van der Waals surface area contributed by atoms with Crippen LogP contribution in [0.5, 0.6) is 0 Å². The summed E-state index contributed by atoms with van der Waals surface area (Å²) in [5, 5.41) is 11.5. The number of aliphatic carboxylic acids is 1. The van der Waals surface area contributed by atoms with Gasteiger partial charge in [0.25, 0.3) is 5.91 Å². The molecule has 2 aliphatic rings. The van der Waals surface area contributed by atoms with E-state index in [0.29, 0.717) is 13.1 Å². The van der Waals surface area contributed by atoms with Crippen molar-refractivity contribution in [3.05, 3.63) is 59.7 Å². The lowest BCUT2D eigenvalue weighted by atomic mass is 9.95. The number of hydrogen-bond acceptors (Lipinski definition) is 6. The Morgan fingerprint density at radius 2 is 1.69 bits per heavy atom. The molecular formula is C26H30N2O7. The molecule has 1 saturated heterocycles. The Morgan fingerprint density at radius 3 is 2.26 bits per heavy atom. The van der Waals surface area contributed by atoms with Gasteiger partial charge in [-0.25, -0.2) is 9.59 Å². The Bertz CT molecular complexity index is 1050. The average Bonchev–Trinajstić information content (AvgIpc) is 3.15. The quantitative estimate of drug-likeness (QED) is 0.535.